The predicted octanol–water partition coefficient (Wildman–Crippen LogP) is 3.44. The van der Waals surface area contributed by atoms with Crippen LogP contribution in [0.25, 0.3) is 11.1 Å². The fraction of sp³-hybridized carbons (Fsp3) is 0.500. The van der Waals surface area contributed by atoms with Crippen molar-refractivity contribution in [2.45, 2.75) is 36.9 Å². The molecule has 0 spiro atoms. The van der Waals surface area contributed by atoms with E-state index < -0.39 is 0 Å². The van der Waals surface area contributed by atoms with E-state index in [1.165, 1.54) is 25.7 Å². The highest BCUT2D eigenvalue weighted by Gasteiger charge is 2.23. The summed E-state index contributed by atoms with van der Waals surface area (Å²) in [5.74, 6) is 1.74. The predicted molar refractivity (Wildman–Crippen MR) is 74.7 cm³/mol. The Morgan fingerprint density at radius 1 is 1.33 bits per heavy atom. The molecule has 1 aromatic carbocycles. The number of para-hydroxylation sites is 2. The van der Waals surface area contributed by atoms with Crippen LogP contribution in [0.2, 0.25) is 0 Å². The summed E-state index contributed by atoms with van der Waals surface area (Å²) in [6.45, 7) is 0. The third-order valence-electron chi connectivity index (χ3n) is 3.71. The largest absolute Gasteiger partial charge is 0.431 e. The van der Waals surface area contributed by atoms with Crippen LogP contribution in [-0.4, -0.2) is 16.8 Å². The fourth-order valence-corrected chi connectivity index (χ4v) is 3.54. The number of benzene rings is 1. The first-order chi connectivity index (χ1) is 8.83. The average Bonchev–Trinajstić information content (AvgIpc) is 2.96. The molecule has 0 bridgehead atoms. The molecule has 1 heterocycles. The minimum Gasteiger partial charge on any atom is -0.431 e. The van der Waals surface area contributed by atoms with Gasteiger partial charge >= 0.3 is 0 Å². The molecule has 1 aromatic heterocycles. The third kappa shape index (κ3) is 2.54. The van der Waals surface area contributed by atoms with Crippen molar-refractivity contribution in [1.29, 1.82) is 0 Å². The van der Waals surface area contributed by atoms with Crippen molar-refractivity contribution in [2.24, 2.45) is 11.7 Å². The van der Waals surface area contributed by atoms with Gasteiger partial charge in [0.2, 0.25) is 0 Å². The molecule has 2 atom stereocenters. The third-order valence-corrected chi connectivity index (χ3v) is 4.57. The van der Waals surface area contributed by atoms with Crippen molar-refractivity contribution in [2.75, 3.05) is 5.75 Å². The lowest BCUT2D eigenvalue weighted by atomic mass is 10.0. The molecule has 96 valence electrons. The van der Waals surface area contributed by atoms with E-state index in [1.54, 1.807) is 11.8 Å². The Bertz CT molecular complexity index is 492. The maximum Gasteiger partial charge on any atom is 0.256 e. The first kappa shape index (κ1) is 12.1. The van der Waals surface area contributed by atoms with Gasteiger partial charge in [-0.2, -0.15) is 0 Å². The van der Waals surface area contributed by atoms with Gasteiger partial charge in [-0.25, -0.2) is 4.98 Å². The van der Waals surface area contributed by atoms with Crippen LogP contribution in [0.5, 0.6) is 0 Å². The van der Waals surface area contributed by atoms with E-state index >= 15 is 0 Å². The van der Waals surface area contributed by atoms with Crippen molar-refractivity contribution >= 4 is 22.9 Å². The van der Waals surface area contributed by atoms with Gasteiger partial charge in [0.1, 0.15) is 5.52 Å². The van der Waals surface area contributed by atoms with Gasteiger partial charge in [-0.05, 0) is 37.3 Å². The van der Waals surface area contributed by atoms with Crippen molar-refractivity contribution in [3.05, 3.63) is 24.3 Å². The molecule has 2 N–H and O–H groups in total. The maximum absolute atomic E-state index is 6.07. The van der Waals surface area contributed by atoms with Crippen LogP contribution in [0.3, 0.4) is 0 Å². The molecule has 3 rings (SSSR count). The van der Waals surface area contributed by atoms with E-state index in [-0.39, 0.29) is 0 Å². The monoisotopic (exact) mass is 262 g/mol. The molecule has 0 amide bonds. The smallest absolute Gasteiger partial charge is 0.256 e. The van der Waals surface area contributed by atoms with Gasteiger partial charge < -0.3 is 10.2 Å². The Morgan fingerprint density at radius 3 is 3.00 bits per heavy atom. The van der Waals surface area contributed by atoms with Crippen molar-refractivity contribution in [3.8, 4) is 0 Å². The second kappa shape index (κ2) is 5.33. The van der Waals surface area contributed by atoms with E-state index in [0.717, 1.165) is 22.1 Å². The molecule has 1 aliphatic carbocycles. The Hall–Kier alpha value is -1.00. The van der Waals surface area contributed by atoms with Crippen LogP contribution in [-0.2, 0) is 0 Å². The fourth-order valence-electron chi connectivity index (χ4n) is 2.63. The topological polar surface area (TPSA) is 52.0 Å². The van der Waals surface area contributed by atoms with Gasteiger partial charge in [0.15, 0.2) is 5.58 Å². The molecule has 1 fully saturated rings. The van der Waals surface area contributed by atoms with E-state index in [0.29, 0.717) is 12.0 Å². The molecular formula is C14H18N2OS. The van der Waals surface area contributed by atoms with E-state index in [1.807, 2.05) is 24.3 Å². The highest BCUT2D eigenvalue weighted by Crippen LogP contribution is 2.30. The SMILES string of the molecule is NC1CCCC1CCSc1nc2ccccc2o1. The second-order valence-corrected chi connectivity index (χ2v) is 5.99. The Balaban J connectivity index is 1.56. The van der Waals surface area contributed by atoms with E-state index in [2.05, 4.69) is 4.98 Å². The van der Waals surface area contributed by atoms with Crippen LogP contribution in [0.15, 0.2) is 33.9 Å². The summed E-state index contributed by atoms with van der Waals surface area (Å²) in [6.07, 6.45) is 4.94. The maximum atomic E-state index is 6.07. The van der Waals surface area contributed by atoms with Gasteiger partial charge in [0.25, 0.3) is 5.22 Å². The van der Waals surface area contributed by atoms with Crippen molar-refractivity contribution in [3.63, 3.8) is 0 Å². The van der Waals surface area contributed by atoms with Gasteiger partial charge in [-0.1, -0.05) is 30.3 Å². The van der Waals surface area contributed by atoms with Crippen molar-refractivity contribution in [1.82, 2.24) is 4.98 Å². The number of thioether (sulfide) groups is 1. The first-order valence-corrected chi connectivity index (χ1v) is 7.55. The van der Waals surface area contributed by atoms with Crippen LogP contribution in [0, 0.1) is 5.92 Å². The zero-order chi connectivity index (χ0) is 12.4. The zero-order valence-electron chi connectivity index (χ0n) is 10.3. The number of nitrogens with zero attached hydrogens (tertiary/aromatic N) is 1. The van der Waals surface area contributed by atoms with Gasteiger partial charge in [0, 0.05) is 11.8 Å². The number of oxazole rings is 1. The first-order valence-electron chi connectivity index (χ1n) is 6.57. The molecule has 2 unspecified atom stereocenters. The van der Waals surface area contributed by atoms with Crippen LogP contribution in [0.1, 0.15) is 25.7 Å². The molecule has 3 nitrogen and oxygen atoms in total. The molecule has 0 radical (unpaired) electrons. The highest BCUT2D eigenvalue weighted by molar-refractivity contribution is 7.99. The molecule has 1 aliphatic rings. The summed E-state index contributed by atoms with van der Waals surface area (Å²) in [5, 5.41) is 0.780. The molecule has 1 saturated carbocycles. The Labute approximate surface area is 111 Å². The summed E-state index contributed by atoms with van der Waals surface area (Å²) in [6, 6.07) is 8.31. The minimum atomic E-state index is 0.411. The van der Waals surface area contributed by atoms with Gasteiger partial charge in [-0.15, -0.1) is 0 Å². The Morgan fingerprint density at radius 2 is 2.22 bits per heavy atom. The van der Waals surface area contributed by atoms with Crippen LogP contribution in [0.4, 0.5) is 0 Å². The number of rotatable bonds is 4. The van der Waals surface area contributed by atoms with Crippen molar-refractivity contribution < 1.29 is 4.42 Å². The molecular weight excluding hydrogens is 244 g/mol. The lowest BCUT2D eigenvalue weighted by molar-refractivity contribution is 0.465. The number of fused-ring (bicyclic) bond motifs is 1. The van der Waals surface area contributed by atoms with Gasteiger partial charge in [-0.3, -0.25) is 0 Å². The summed E-state index contributed by atoms with van der Waals surface area (Å²) < 4.78 is 5.68. The number of hydrogen-bond donors (Lipinski definition) is 1. The molecule has 18 heavy (non-hydrogen) atoms. The normalized spacial score (nSPS) is 23.8. The summed E-state index contributed by atoms with van der Waals surface area (Å²) in [5.41, 5.74) is 7.89. The van der Waals surface area contributed by atoms with Gasteiger partial charge in [0.05, 0.1) is 0 Å². The molecule has 0 aliphatic heterocycles. The van der Waals surface area contributed by atoms with Crippen LogP contribution >= 0.6 is 11.8 Å². The zero-order valence-corrected chi connectivity index (χ0v) is 11.2. The molecule has 2 aromatic rings. The Kier molecular flexibility index (Phi) is 3.57. The van der Waals surface area contributed by atoms with E-state index in [4.69, 9.17) is 10.2 Å². The molecule has 0 saturated heterocycles. The summed E-state index contributed by atoms with van der Waals surface area (Å²) in [4.78, 5) is 4.46. The lowest BCUT2D eigenvalue weighted by Gasteiger charge is -2.13. The number of nitrogens with two attached hydrogens (primary N) is 1. The lowest BCUT2D eigenvalue weighted by Crippen LogP contribution is -2.24. The minimum absolute atomic E-state index is 0.411. The van der Waals surface area contributed by atoms with Crippen LogP contribution < -0.4 is 5.73 Å². The standard InChI is InChI=1S/C14H18N2OS/c15-11-5-3-4-10(11)8-9-18-14-16-12-6-1-2-7-13(12)17-14/h1-2,6-7,10-11H,3-5,8-9,15H2. The average molecular weight is 262 g/mol. The summed E-state index contributed by atoms with van der Waals surface area (Å²) in [7, 11) is 0. The summed E-state index contributed by atoms with van der Waals surface area (Å²) >= 11 is 1.70. The highest BCUT2D eigenvalue weighted by atomic mass is 32.2. The quantitative estimate of drug-likeness (QED) is 0.858. The van der Waals surface area contributed by atoms with E-state index in [9.17, 15) is 0 Å². The number of aromatic nitrogens is 1. The second-order valence-electron chi connectivity index (χ2n) is 4.94. The number of hydrogen-bond acceptors (Lipinski definition) is 4. The molecule has 4 heteroatoms.